The molecule has 0 saturated heterocycles. The molecule has 0 aromatic heterocycles. The Morgan fingerprint density at radius 3 is 2.14 bits per heavy atom. The second-order valence-electron chi connectivity index (χ2n) is 11.4. The second kappa shape index (κ2) is 18.8. The summed E-state index contributed by atoms with van der Waals surface area (Å²) in [5, 5.41) is 19.5. The van der Waals surface area contributed by atoms with Crippen LogP contribution >= 0.6 is 11.8 Å². The van der Waals surface area contributed by atoms with E-state index in [4.69, 9.17) is 0 Å². The first kappa shape index (κ1) is 37.2. The number of aliphatic carboxylic acids is 1. The predicted molar refractivity (Wildman–Crippen MR) is 190 cm³/mol. The molecular formula is C37H39N5O7S. The molecule has 3 aromatic carbocycles. The summed E-state index contributed by atoms with van der Waals surface area (Å²) >= 11 is 1.45. The Kier molecular flexibility index (Phi) is 14.0. The average Bonchev–Trinajstić information content (AvgIpc) is 3.11. The topological polar surface area (TPSA) is 174 Å². The van der Waals surface area contributed by atoms with Crippen molar-refractivity contribution in [2.45, 2.75) is 44.3 Å². The van der Waals surface area contributed by atoms with E-state index in [0.29, 0.717) is 23.5 Å². The molecule has 0 unspecified atom stereocenters. The van der Waals surface area contributed by atoms with Crippen molar-refractivity contribution in [3.05, 3.63) is 101 Å². The van der Waals surface area contributed by atoms with Gasteiger partial charge in [0.1, 0.15) is 12.1 Å². The van der Waals surface area contributed by atoms with Crippen LogP contribution < -0.4 is 26.2 Å². The number of amides is 5. The Bertz CT molecular complexity index is 1770. The maximum Gasteiger partial charge on any atom is 0.326 e. The number of carbonyl (C=O) groups is 6. The van der Waals surface area contributed by atoms with Crippen molar-refractivity contribution < 1.29 is 33.9 Å². The van der Waals surface area contributed by atoms with Crippen LogP contribution in [-0.2, 0) is 41.7 Å². The molecule has 0 spiro atoms. The predicted octanol–water partition coefficient (Wildman–Crippen LogP) is 2.00. The number of nitrogens with zero attached hydrogens (tertiary/aromatic N) is 1. The summed E-state index contributed by atoms with van der Waals surface area (Å²) in [6.07, 6.45) is 1.86. The molecule has 0 bridgehead atoms. The minimum atomic E-state index is -1.18. The van der Waals surface area contributed by atoms with Crippen LogP contribution in [-0.4, -0.2) is 77.8 Å². The third-order valence-corrected chi connectivity index (χ3v) is 8.44. The normalized spacial score (nSPS) is 12.6. The molecule has 4 rings (SSSR count). The third kappa shape index (κ3) is 11.2. The van der Waals surface area contributed by atoms with Gasteiger partial charge in [-0.2, -0.15) is 11.8 Å². The molecule has 5 amide bonds. The molecule has 2 atom stereocenters. The highest BCUT2D eigenvalue weighted by molar-refractivity contribution is 7.98. The molecule has 0 aliphatic carbocycles. The number of fused-ring (bicyclic) bond motifs is 2. The maximum atomic E-state index is 13.4. The maximum absolute atomic E-state index is 13.4. The standard InChI is InChI=1S/C37H39N5O7S/c1-50-20-19-29(37(48)49)41-36(47)30(21-25-9-3-2-4-10-25)40-34(45)23-39-33(44)22-38-32(43)17-18-35(46)42-24-28-13-6-5-11-26(28)15-16-27-12-7-8-14-31(27)42/h2-14,29-30H,17-24H2,1H3,(H,38,43)(H,39,44)(H,40,45)(H,41,47)(H,48,49)/t29-,30-/m0/s1. The number of carboxylic acids is 1. The number of carbonyl (C=O) groups excluding carboxylic acids is 5. The number of thioether (sulfide) groups is 1. The van der Waals surface area contributed by atoms with E-state index in [1.165, 1.54) is 11.8 Å². The number of benzene rings is 3. The van der Waals surface area contributed by atoms with Gasteiger partial charge >= 0.3 is 5.97 Å². The first-order valence-electron chi connectivity index (χ1n) is 16.0. The molecule has 12 nitrogen and oxygen atoms in total. The summed E-state index contributed by atoms with van der Waals surface area (Å²) in [6, 6.07) is 21.6. The molecule has 1 heterocycles. The monoisotopic (exact) mass is 697 g/mol. The number of hydrogen-bond donors (Lipinski definition) is 5. The zero-order chi connectivity index (χ0) is 35.9. The van der Waals surface area contributed by atoms with Crippen LogP contribution in [0.2, 0.25) is 0 Å². The number of rotatable bonds is 16. The quantitative estimate of drug-likeness (QED) is 0.141. The highest BCUT2D eigenvalue weighted by atomic mass is 32.2. The SMILES string of the molecule is CSCC[C@H](NC(=O)[C@H](Cc1ccccc1)NC(=O)CNC(=O)CNC(=O)CCC(=O)N1Cc2ccccc2C#Cc2ccccc21)C(=O)O. The summed E-state index contributed by atoms with van der Waals surface area (Å²) in [5.74, 6) is 2.83. The Balaban J connectivity index is 1.26. The van der Waals surface area contributed by atoms with Crippen molar-refractivity contribution in [3.63, 3.8) is 0 Å². The summed E-state index contributed by atoms with van der Waals surface area (Å²) in [6.45, 7) is -0.627. The Morgan fingerprint density at radius 1 is 0.760 bits per heavy atom. The zero-order valence-electron chi connectivity index (χ0n) is 27.6. The molecule has 0 fully saturated rings. The van der Waals surface area contributed by atoms with E-state index in [2.05, 4.69) is 33.1 Å². The highest BCUT2D eigenvalue weighted by Crippen LogP contribution is 2.26. The average molecular weight is 698 g/mol. The number of para-hydroxylation sites is 1. The van der Waals surface area contributed by atoms with Crippen molar-refractivity contribution in [2.24, 2.45) is 0 Å². The lowest BCUT2D eigenvalue weighted by Gasteiger charge is -2.26. The lowest BCUT2D eigenvalue weighted by molar-refractivity contribution is -0.142. The fraction of sp³-hybridized carbons (Fsp3) is 0.297. The van der Waals surface area contributed by atoms with Gasteiger partial charge in [-0.15, -0.1) is 0 Å². The van der Waals surface area contributed by atoms with Crippen LogP contribution in [0.25, 0.3) is 0 Å². The van der Waals surface area contributed by atoms with Crippen LogP contribution in [0.5, 0.6) is 0 Å². The molecule has 50 heavy (non-hydrogen) atoms. The minimum absolute atomic E-state index is 0.0962. The number of nitrogens with one attached hydrogen (secondary N) is 4. The lowest BCUT2D eigenvalue weighted by Crippen LogP contribution is -2.54. The van der Waals surface area contributed by atoms with E-state index in [1.807, 2.05) is 54.8 Å². The first-order valence-corrected chi connectivity index (χ1v) is 17.4. The summed E-state index contributed by atoms with van der Waals surface area (Å²) in [4.78, 5) is 77.5. The largest absolute Gasteiger partial charge is 0.480 e. The fourth-order valence-corrected chi connectivity index (χ4v) is 5.61. The van der Waals surface area contributed by atoms with Gasteiger partial charge in [0.15, 0.2) is 0 Å². The van der Waals surface area contributed by atoms with Gasteiger partial charge in [-0.25, -0.2) is 4.79 Å². The molecule has 13 heteroatoms. The van der Waals surface area contributed by atoms with Gasteiger partial charge < -0.3 is 31.3 Å². The molecular weight excluding hydrogens is 659 g/mol. The van der Waals surface area contributed by atoms with Gasteiger partial charge in [-0.3, -0.25) is 24.0 Å². The fourth-order valence-electron chi connectivity index (χ4n) is 5.14. The van der Waals surface area contributed by atoms with Crippen molar-refractivity contribution in [2.75, 3.05) is 30.0 Å². The Labute approximate surface area is 294 Å². The van der Waals surface area contributed by atoms with Crippen LogP contribution in [0.1, 0.15) is 41.5 Å². The van der Waals surface area contributed by atoms with E-state index < -0.39 is 54.8 Å². The van der Waals surface area contributed by atoms with Crippen molar-refractivity contribution in [1.29, 1.82) is 0 Å². The van der Waals surface area contributed by atoms with Gasteiger partial charge in [0.05, 0.1) is 25.3 Å². The van der Waals surface area contributed by atoms with Gasteiger partial charge in [-0.05, 0) is 47.8 Å². The second-order valence-corrected chi connectivity index (χ2v) is 12.4. The van der Waals surface area contributed by atoms with E-state index in [0.717, 1.165) is 16.7 Å². The van der Waals surface area contributed by atoms with Gasteiger partial charge in [0.2, 0.25) is 29.5 Å². The number of anilines is 1. The molecule has 5 N–H and O–H groups in total. The lowest BCUT2D eigenvalue weighted by atomic mass is 10.0. The van der Waals surface area contributed by atoms with E-state index in [1.54, 1.807) is 35.2 Å². The van der Waals surface area contributed by atoms with Crippen LogP contribution in [0.4, 0.5) is 5.69 Å². The molecule has 1 aliphatic rings. The first-order chi connectivity index (χ1) is 24.1. The van der Waals surface area contributed by atoms with Crippen molar-refractivity contribution in [3.8, 4) is 11.8 Å². The summed E-state index contributed by atoms with van der Waals surface area (Å²) in [5.41, 5.74) is 3.79. The third-order valence-electron chi connectivity index (χ3n) is 7.79. The smallest absolute Gasteiger partial charge is 0.326 e. The molecule has 1 aliphatic heterocycles. The van der Waals surface area contributed by atoms with Crippen molar-refractivity contribution in [1.82, 2.24) is 21.3 Å². The Hall–Kier alpha value is -5.61. The van der Waals surface area contributed by atoms with Crippen LogP contribution in [0.3, 0.4) is 0 Å². The molecule has 0 radical (unpaired) electrons. The number of carboxylic acid groups (broad SMARTS) is 1. The molecule has 0 saturated carbocycles. The molecule has 3 aromatic rings. The van der Waals surface area contributed by atoms with Crippen LogP contribution in [0.15, 0.2) is 78.9 Å². The van der Waals surface area contributed by atoms with Crippen molar-refractivity contribution >= 4 is 53.0 Å². The van der Waals surface area contributed by atoms with Gasteiger partial charge in [-0.1, -0.05) is 72.5 Å². The minimum Gasteiger partial charge on any atom is -0.480 e. The van der Waals surface area contributed by atoms with E-state index >= 15 is 0 Å². The summed E-state index contributed by atoms with van der Waals surface area (Å²) < 4.78 is 0. The number of hydrogen-bond acceptors (Lipinski definition) is 7. The molecule has 260 valence electrons. The van der Waals surface area contributed by atoms with E-state index in [-0.39, 0.29) is 31.6 Å². The van der Waals surface area contributed by atoms with E-state index in [9.17, 15) is 33.9 Å². The Morgan fingerprint density at radius 2 is 1.40 bits per heavy atom. The van der Waals surface area contributed by atoms with Crippen LogP contribution in [0, 0.1) is 11.8 Å². The van der Waals surface area contributed by atoms with Gasteiger partial charge in [0, 0.05) is 30.4 Å². The summed E-state index contributed by atoms with van der Waals surface area (Å²) in [7, 11) is 0. The van der Waals surface area contributed by atoms with Gasteiger partial charge in [0.25, 0.3) is 0 Å². The highest BCUT2D eigenvalue weighted by Gasteiger charge is 2.27. The zero-order valence-corrected chi connectivity index (χ0v) is 28.4.